The maximum atomic E-state index is 5.40. The number of para-hydroxylation sites is 1. The second-order valence-electron chi connectivity index (χ2n) is 5.67. The van der Waals surface area contributed by atoms with Gasteiger partial charge in [0.25, 0.3) is 0 Å². The summed E-state index contributed by atoms with van der Waals surface area (Å²) in [5.41, 5.74) is 1.34. The summed E-state index contributed by atoms with van der Waals surface area (Å²) in [7, 11) is 1.80. The van der Waals surface area contributed by atoms with Crippen molar-refractivity contribution in [2.24, 2.45) is 0 Å². The summed E-state index contributed by atoms with van der Waals surface area (Å²) in [6.07, 6.45) is 1.18. The van der Waals surface area contributed by atoms with Crippen LogP contribution in [0, 0.1) is 0 Å². The summed E-state index contributed by atoms with van der Waals surface area (Å²) >= 11 is 0. The fourth-order valence-electron chi connectivity index (χ4n) is 2.92. The molecule has 1 aliphatic heterocycles. The minimum absolute atomic E-state index is 0.486. The van der Waals surface area contributed by atoms with E-state index in [0.717, 1.165) is 45.9 Å². The smallest absolute Gasteiger partial charge is 0.0630 e. The first-order valence-corrected chi connectivity index (χ1v) is 8.09. The third-order valence-corrected chi connectivity index (χ3v) is 4.12. The van der Waals surface area contributed by atoms with E-state index in [1.54, 1.807) is 7.11 Å². The van der Waals surface area contributed by atoms with Gasteiger partial charge in [-0.3, -0.25) is 4.90 Å². The largest absolute Gasteiger partial charge is 0.383 e. The van der Waals surface area contributed by atoms with E-state index in [2.05, 4.69) is 52.4 Å². The molecule has 0 aromatic heterocycles. The minimum Gasteiger partial charge on any atom is -0.383 e. The van der Waals surface area contributed by atoms with Gasteiger partial charge in [-0.1, -0.05) is 25.1 Å². The van der Waals surface area contributed by atoms with Gasteiger partial charge in [0.1, 0.15) is 0 Å². The molecule has 0 saturated carbocycles. The number of methoxy groups -OCH3 is 1. The molecule has 4 nitrogen and oxygen atoms in total. The molecule has 0 amide bonds. The fraction of sp³-hybridized carbons (Fsp3) is 0.647. The maximum Gasteiger partial charge on any atom is 0.0630 e. The quantitative estimate of drug-likeness (QED) is 0.740. The Bertz CT molecular complexity index is 377. The molecule has 1 aromatic rings. The predicted molar refractivity (Wildman–Crippen MR) is 89.1 cm³/mol. The van der Waals surface area contributed by atoms with Gasteiger partial charge in [0.15, 0.2) is 0 Å². The highest BCUT2D eigenvalue weighted by Gasteiger charge is 2.23. The summed E-state index contributed by atoms with van der Waals surface area (Å²) in [5, 5.41) is 3.52. The summed E-state index contributed by atoms with van der Waals surface area (Å²) in [6.45, 7) is 9.53. The van der Waals surface area contributed by atoms with Crippen LogP contribution in [0.25, 0.3) is 0 Å². The maximum absolute atomic E-state index is 5.40. The molecule has 0 spiro atoms. The lowest BCUT2D eigenvalue weighted by Gasteiger charge is -2.40. The van der Waals surface area contributed by atoms with Crippen molar-refractivity contribution >= 4 is 5.69 Å². The normalized spacial score (nSPS) is 17.9. The van der Waals surface area contributed by atoms with Crippen LogP contribution in [0.15, 0.2) is 30.3 Å². The minimum atomic E-state index is 0.486. The van der Waals surface area contributed by atoms with Crippen LogP contribution in [0.3, 0.4) is 0 Å². The summed E-state index contributed by atoms with van der Waals surface area (Å²) in [4.78, 5) is 5.03. The van der Waals surface area contributed by atoms with Gasteiger partial charge in [-0.2, -0.15) is 0 Å². The highest BCUT2D eigenvalue weighted by Crippen LogP contribution is 2.16. The molecule has 1 N–H and O–H groups in total. The third kappa shape index (κ3) is 4.99. The number of anilines is 1. The van der Waals surface area contributed by atoms with Gasteiger partial charge >= 0.3 is 0 Å². The molecule has 1 aliphatic rings. The predicted octanol–water partition coefficient (Wildman–Crippen LogP) is 1.82. The van der Waals surface area contributed by atoms with Crippen molar-refractivity contribution in [3.05, 3.63) is 30.3 Å². The first kappa shape index (κ1) is 16.3. The average molecular weight is 291 g/mol. The van der Waals surface area contributed by atoms with Gasteiger partial charge in [-0.05, 0) is 25.1 Å². The Morgan fingerprint density at radius 1 is 1.14 bits per heavy atom. The number of nitrogens with one attached hydrogen (secondary N) is 1. The Labute approximate surface area is 129 Å². The summed E-state index contributed by atoms with van der Waals surface area (Å²) in [5.74, 6) is 0. The molecule has 4 heteroatoms. The average Bonchev–Trinajstić information content (AvgIpc) is 2.55. The Morgan fingerprint density at radius 2 is 1.86 bits per heavy atom. The molecule has 1 unspecified atom stereocenters. The molecule has 1 saturated heterocycles. The van der Waals surface area contributed by atoms with Gasteiger partial charge in [0.05, 0.1) is 6.61 Å². The molecule has 0 radical (unpaired) electrons. The lowest BCUT2D eigenvalue weighted by atomic mass is 10.2. The van der Waals surface area contributed by atoms with Gasteiger partial charge in [0, 0.05) is 51.6 Å². The van der Waals surface area contributed by atoms with Gasteiger partial charge in [-0.25, -0.2) is 0 Å². The lowest BCUT2D eigenvalue weighted by Crippen LogP contribution is -2.54. The van der Waals surface area contributed by atoms with Crippen molar-refractivity contribution in [3.8, 4) is 0 Å². The fourth-order valence-corrected chi connectivity index (χ4v) is 2.92. The molecule has 1 atom stereocenters. The number of hydrogen-bond donors (Lipinski definition) is 1. The highest BCUT2D eigenvalue weighted by atomic mass is 16.5. The second kappa shape index (κ2) is 9.03. The first-order chi connectivity index (χ1) is 10.3. The summed E-state index contributed by atoms with van der Waals surface area (Å²) < 4.78 is 5.40. The van der Waals surface area contributed by atoms with E-state index in [1.807, 2.05) is 0 Å². The molecule has 0 bridgehead atoms. The Hall–Kier alpha value is -1.10. The van der Waals surface area contributed by atoms with Gasteiger partial charge < -0.3 is 15.0 Å². The SMILES string of the molecule is CCCNCC(COC)N1CCN(c2ccccc2)CC1. The first-order valence-electron chi connectivity index (χ1n) is 8.09. The van der Waals surface area contributed by atoms with E-state index in [0.29, 0.717) is 6.04 Å². The molecule has 1 aromatic carbocycles. The van der Waals surface area contributed by atoms with Crippen molar-refractivity contribution in [2.45, 2.75) is 19.4 Å². The van der Waals surface area contributed by atoms with Crippen LogP contribution in [0.5, 0.6) is 0 Å². The van der Waals surface area contributed by atoms with Crippen molar-refractivity contribution in [2.75, 3.05) is 57.9 Å². The topological polar surface area (TPSA) is 27.7 Å². The zero-order valence-corrected chi connectivity index (χ0v) is 13.4. The van der Waals surface area contributed by atoms with Gasteiger partial charge in [-0.15, -0.1) is 0 Å². The van der Waals surface area contributed by atoms with E-state index in [-0.39, 0.29) is 0 Å². The molecule has 21 heavy (non-hydrogen) atoms. The van der Waals surface area contributed by atoms with Crippen LogP contribution in [0.2, 0.25) is 0 Å². The van der Waals surface area contributed by atoms with Crippen molar-refractivity contribution in [3.63, 3.8) is 0 Å². The number of hydrogen-bond acceptors (Lipinski definition) is 4. The lowest BCUT2D eigenvalue weighted by molar-refractivity contribution is 0.0852. The molecule has 2 rings (SSSR count). The zero-order chi connectivity index (χ0) is 14.9. The molecular formula is C17H29N3O. The van der Waals surface area contributed by atoms with Crippen LogP contribution in [0.4, 0.5) is 5.69 Å². The number of benzene rings is 1. The standard InChI is InChI=1S/C17H29N3O/c1-3-9-18-14-17(15-21-2)20-12-10-19(11-13-20)16-7-5-4-6-8-16/h4-8,17-18H,3,9-15H2,1-2H3. The molecule has 1 fully saturated rings. The Kier molecular flexibility index (Phi) is 7.00. The van der Waals surface area contributed by atoms with E-state index in [1.165, 1.54) is 12.1 Å². The molecular weight excluding hydrogens is 262 g/mol. The van der Waals surface area contributed by atoms with E-state index < -0.39 is 0 Å². The Morgan fingerprint density at radius 3 is 2.48 bits per heavy atom. The second-order valence-corrected chi connectivity index (χ2v) is 5.67. The van der Waals surface area contributed by atoms with Crippen molar-refractivity contribution in [1.82, 2.24) is 10.2 Å². The summed E-state index contributed by atoms with van der Waals surface area (Å²) in [6, 6.07) is 11.2. The monoisotopic (exact) mass is 291 g/mol. The van der Waals surface area contributed by atoms with Crippen molar-refractivity contribution in [1.29, 1.82) is 0 Å². The number of ether oxygens (including phenoxy) is 1. The molecule has 0 aliphatic carbocycles. The molecule has 118 valence electrons. The van der Waals surface area contributed by atoms with Crippen LogP contribution >= 0.6 is 0 Å². The van der Waals surface area contributed by atoms with E-state index >= 15 is 0 Å². The van der Waals surface area contributed by atoms with Crippen molar-refractivity contribution < 1.29 is 4.74 Å². The third-order valence-electron chi connectivity index (χ3n) is 4.12. The number of piperazine rings is 1. The van der Waals surface area contributed by atoms with E-state index in [9.17, 15) is 0 Å². The molecule has 1 heterocycles. The van der Waals surface area contributed by atoms with Crippen LogP contribution in [-0.2, 0) is 4.74 Å². The van der Waals surface area contributed by atoms with Crippen LogP contribution in [0.1, 0.15) is 13.3 Å². The number of rotatable bonds is 8. The Balaban J connectivity index is 1.82. The van der Waals surface area contributed by atoms with E-state index in [4.69, 9.17) is 4.74 Å². The van der Waals surface area contributed by atoms with Crippen LogP contribution in [-0.4, -0.2) is 63.9 Å². The van der Waals surface area contributed by atoms with Gasteiger partial charge in [0.2, 0.25) is 0 Å². The highest BCUT2D eigenvalue weighted by molar-refractivity contribution is 5.46. The van der Waals surface area contributed by atoms with Crippen LogP contribution < -0.4 is 10.2 Å². The number of nitrogens with zero attached hydrogens (tertiary/aromatic N) is 2. The zero-order valence-electron chi connectivity index (χ0n) is 13.4.